The summed E-state index contributed by atoms with van der Waals surface area (Å²) in [5.74, 6) is -2.98. The highest BCUT2D eigenvalue weighted by Crippen LogP contribution is 2.46. The van der Waals surface area contributed by atoms with Crippen molar-refractivity contribution < 1.29 is 37.1 Å². The number of sulfonamides is 1. The van der Waals surface area contributed by atoms with Crippen molar-refractivity contribution in [1.29, 1.82) is 0 Å². The summed E-state index contributed by atoms with van der Waals surface area (Å²) in [5, 5.41) is 10.6. The molecule has 3 fully saturated rings. The molecular formula is C36H45ClN6O8S2. The molecular weight excluding hydrogens is 744 g/mol. The van der Waals surface area contributed by atoms with Crippen LogP contribution in [0.25, 0.3) is 10.6 Å². The lowest BCUT2D eigenvalue weighted by molar-refractivity contribution is -0.141. The maximum absolute atomic E-state index is 14.3. The van der Waals surface area contributed by atoms with E-state index in [0.29, 0.717) is 35.7 Å². The second-order valence-electron chi connectivity index (χ2n) is 15.2. The van der Waals surface area contributed by atoms with Crippen molar-refractivity contribution in [2.75, 3.05) is 6.54 Å². The molecule has 3 heterocycles. The van der Waals surface area contributed by atoms with Gasteiger partial charge in [-0.2, -0.15) is 0 Å². The van der Waals surface area contributed by atoms with Crippen LogP contribution in [-0.2, 0) is 29.1 Å². The van der Waals surface area contributed by atoms with E-state index in [2.05, 4.69) is 25.7 Å². The van der Waals surface area contributed by atoms with Crippen LogP contribution < -0.4 is 20.7 Å². The van der Waals surface area contributed by atoms with E-state index < -0.39 is 80.2 Å². The fourth-order valence-electron chi connectivity index (χ4n) is 6.72. The number of hydrogen-bond donors (Lipinski definition) is 4. The molecule has 2 aliphatic heterocycles. The first kappa shape index (κ1) is 38.7. The topological polar surface area (TPSA) is 193 Å². The Labute approximate surface area is 317 Å². The van der Waals surface area contributed by atoms with Crippen molar-refractivity contribution in [3.05, 3.63) is 52.5 Å². The van der Waals surface area contributed by atoms with Crippen molar-refractivity contribution in [2.45, 2.75) is 113 Å². The van der Waals surface area contributed by atoms with Gasteiger partial charge in [0.2, 0.25) is 21.8 Å². The zero-order valence-electron chi connectivity index (χ0n) is 29.9. The highest BCUT2D eigenvalue weighted by molar-refractivity contribution is 7.91. The number of aromatic nitrogens is 1. The van der Waals surface area contributed by atoms with Gasteiger partial charge < -0.3 is 25.6 Å². The molecule has 5 atom stereocenters. The molecule has 14 nitrogen and oxygen atoms in total. The van der Waals surface area contributed by atoms with E-state index in [1.54, 1.807) is 50.4 Å². The van der Waals surface area contributed by atoms with Crippen LogP contribution in [0, 0.1) is 5.92 Å². The summed E-state index contributed by atoms with van der Waals surface area (Å²) in [5.41, 5.74) is -1.41. The number of ether oxygens (including phenoxy) is 1. The number of rotatable bonds is 7. The van der Waals surface area contributed by atoms with Gasteiger partial charge in [0.15, 0.2) is 0 Å². The predicted molar refractivity (Wildman–Crippen MR) is 198 cm³/mol. The van der Waals surface area contributed by atoms with Crippen LogP contribution in [0.15, 0.2) is 41.8 Å². The number of alkyl carbamates (subject to hydrolysis) is 1. The van der Waals surface area contributed by atoms with Crippen LogP contribution in [0.4, 0.5) is 4.79 Å². The lowest BCUT2D eigenvalue weighted by Gasteiger charge is -2.30. The van der Waals surface area contributed by atoms with Gasteiger partial charge in [0.05, 0.1) is 5.25 Å². The van der Waals surface area contributed by atoms with Crippen LogP contribution >= 0.6 is 22.9 Å². The number of thiazole rings is 1. The van der Waals surface area contributed by atoms with Crippen LogP contribution in [0.3, 0.4) is 0 Å². The molecule has 2 aliphatic carbocycles. The van der Waals surface area contributed by atoms with Gasteiger partial charge in [0.1, 0.15) is 33.9 Å². The number of benzene rings is 1. The molecule has 2 aromatic rings. The third-order valence-electron chi connectivity index (χ3n) is 9.74. The lowest BCUT2D eigenvalue weighted by atomic mass is 10.0. The number of allylic oxidation sites excluding steroid dienone is 1. The number of hydrogen-bond acceptors (Lipinski definition) is 10. The summed E-state index contributed by atoms with van der Waals surface area (Å²) >= 11 is 7.30. The van der Waals surface area contributed by atoms with Gasteiger partial charge in [-0.1, -0.05) is 48.7 Å². The van der Waals surface area contributed by atoms with Gasteiger partial charge in [0.25, 0.3) is 11.8 Å². The molecule has 1 saturated heterocycles. The van der Waals surface area contributed by atoms with Crippen molar-refractivity contribution in [3.8, 4) is 10.6 Å². The normalized spacial score (nSPS) is 27.2. The average Bonchev–Trinajstić information content (AvgIpc) is 3.96. The molecule has 53 heavy (non-hydrogen) atoms. The molecule has 1 aromatic carbocycles. The van der Waals surface area contributed by atoms with E-state index in [1.165, 1.54) is 16.2 Å². The molecule has 4 N–H and O–H groups in total. The second kappa shape index (κ2) is 15.4. The standard InChI is InChI=1S/C36H45ClN6O8S2/c1-35(2,3)51-34(48)40-26-10-8-6-4-5-7-9-22-18-36(22,33(47)42-53(49,50)25-15-16-25)41-30(45)28-17-24(19-43(28)32(26)46)38-29(44)27-20-52-31(39-27)21-11-13-23(37)14-12-21/h7,9,11-14,20,22,24-26,28H,4-6,8,10,15-19H2,1-3H3,(H,38,44)(H,40,48)(H,41,45)(H,42,47)/b9-7-/t22-,24+,26-,28-,36+/m0/s1. The molecule has 1 aromatic heterocycles. The summed E-state index contributed by atoms with van der Waals surface area (Å²) in [4.78, 5) is 74.4. The Morgan fingerprint density at radius 1 is 1.06 bits per heavy atom. The summed E-state index contributed by atoms with van der Waals surface area (Å²) in [7, 11) is -3.91. The lowest BCUT2D eigenvalue weighted by Crippen LogP contribution is -2.58. The first-order chi connectivity index (χ1) is 25.0. The van der Waals surface area contributed by atoms with E-state index in [-0.39, 0.29) is 31.5 Å². The largest absolute Gasteiger partial charge is 0.444 e. The summed E-state index contributed by atoms with van der Waals surface area (Å²) in [6.07, 6.45) is 7.14. The number of nitrogens with zero attached hydrogens (tertiary/aromatic N) is 2. The van der Waals surface area contributed by atoms with Crippen molar-refractivity contribution >= 4 is 62.7 Å². The zero-order chi connectivity index (χ0) is 38.1. The fourth-order valence-corrected chi connectivity index (χ4v) is 9.01. The third-order valence-corrected chi connectivity index (χ3v) is 12.7. The van der Waals surface area contributed by atoms with E-state index in [4.69, 9.17) is 16.3 Å². The number of nitrogens with one attached hydrogen (secondary N) is 4. The predicted octanol–water partition coefficient (Wildman–Crippen LogP) is 4.06. The first-order valence-electron chi connectivity index (χ1n) is 17.9. The summed E-state index contributed by atoms with van der Waals surface area (Å²) in [6, 6.07) is 4.16. The molecule has 0 unspecified atom stereocenters. The first-order valence-corrected chi connectivity index (χ1v) is 20.7. The van der Waals surface area contributed by atoms with Crippen LogP contribution in [0.2, 0.25) is 5.02 Å². The van der Waals surface area contributed by atoms with Gasteiger partial charge in [-0.05, 0) is 77.8 Å². The maximum atomic E-state index is 14.3. The maximum Gasteiger partial charge on any atom is 0.408 e. The SMILES string of the molecule is CC(C)(C)OC(=O)N[C@H]1CCCCC/C=C\[C@H]2C[C@@]2(C(=O)NS(=O)(=O)C2CC2)NC(=O)[C@@H]2C[C@@H](NC(=O)c3csc(-c4ccc(Cl)cc4)n3)CN2C1=O. The molecule has 286 valence electrons. The van der Waals surface area contributed by atoms with Gasteiger partial charge in [-0.15, -0.1) is 11.3 Å². The molecule has 17 heteroatoms. The fraction of sp³-hybridized carbons (Fsp3) is 0.556. The number of carbonyl (C=O) groups excluding carboxylic acids is 5. The van der Waals surface area contributed by atoms with Crippen LogP contribution in [0.1, 0.15) is 89.0 Å². The number of fused-ring (bicyclic) bond motifs is 2. The van der Waals surface area contributed by atoms with E-state index >= 15 is 0 Å². The molecule has 0 bridgehead atoms. The van der Waals surface area contributed by atoms with E-state index in [0.717, 1.165) is 18.4 Å². The molecule has 2 saturated carbocycles. The van der Waals surface area contributed by atoms with Crippen LogP contribution in [0.5, 0.6) is 0 Å². The molecule has 5 amide bonds. The van der Waals surface area contributed by atoms with Gasteiger partial charge in [0, 0.05) is 34.5 Å². The molecule has 6 rings (SSSR count). The minimum atomic E-state index is -3.91. The van der Waals surface area contributed by atoms with Crippen LogP contribution in [-0.4, -0.2) is 89.1 Å². The number of carbonyl (C=O) groups is 5. The summed E-state index contributed by atoms with van der Waals surface area (Å²) in [6.45, 7) is 5.06. The monoisotopic (exact) mass is 788 g/mol. The Morgan fingerprint density at radius 2 is 1.79 bits per heavy atom. The van der Waals surface area contributed by atoms with Gasteiger partial charge in [-0.3, -0.25) is 23.9 Å². The third kappa shape index (κ3) is 9.38. The Morgan fingerprint density at radius 3 is 2.49 bits per heavy atom. The highest BCUT2D eigenvalue weighted by Gasteiger charge is 2.62. The van der Waals surface area contributed by atoms with Crippen molar-refractivity contribution in [3.63, 3.8) is 0 Å². The quantitative estimate of drug-likeness (QED) is 0.300. The smallest absolute Gasteiger partial charge is 0.408 e. The molecule has 0 radical (unpaired) electrons. The van der Waals surface area contributed by atoms with Gasteiger partial charge in [-0.25, -0.2) is 18.2 Å². The summed E-state index contributed by atoms with van der Waals surface area (Å²) < 4.78 is 33.2. The average molecular weight is 789 g/mol. The number of halogens is 1. The Balaban J connectivity index is 1.26. The Kier molecular flexibility index (Phi) is 11.2. The second-order valence-corrected chi connectivity index (χ2v) is 18.4. The molecule has 4 aliphatic rings. The minimum Gasteiger partial charge on any atom is -0.444 e. The van der Waals surface area contributed by atoms with Crippen molar-refractivity contribution in [1.82, 2.24) is 30.6 Å². The highest BCUT2D eigenvalue weighted by atomic mass is 35.5. The van der Waals surface area contributed by atoms with Crippen molar-refractivity contribution in [2.24, 2.45) is 5.92 Å². The Hall–Kier alpha value is -4.02. The minimum absolute atomic E-state index is 0.00473. The molecule has 0 spiro atoms. The van der Waals surface area contributed by atoms with Gasteiger partial charge >= 0.3 is 6.09 Å². The zero-order valence-corrected chi connectivity index (χ0v) is 32.2. The number of amides is 5. The Bertz CT molecular complexity index is 1890. The van der Waals surface area contributed by atoms with E-state index in [9.17, 15) is 32.4 Å². The van der Waals surface area contributed by atoms with E-state index in [1.807, 2.05) is 12.2 Å².